The van der Waals surface area contributed by atoms with Gasteiger partial charge in [-0.05, 0) is 43.6 Å². The molecule has 3 amide bonds. The van der Waals surface area contributed by atoms with E-state index in [1.807, 2.05) is 58.0 Å². The summed E-state index contributed by atoms with van der Waals surface area (Å²) in [4.78, 5) is 40.2. The van der Waals surface area contributed by atoms with Gasteiger partial charge in [0.1, 0.15) is 23.8 Å². The van der Waals surface area contributed by atoms with Crippen molar-refractivity contribution in [1.82, 2.24) is 16.0 Å². The maximum atomic E-state index is 13.6. The van der Waals surface area contributed by atoms with E-state index in [1.165, 1.54) is 0 Å². The lowest BCUT2D eigenvalue weighted by molar-refractivity contribution is -0.135. The summed E-state index contributed by atoms with van der Waals surface area (Å²) in [6.45, 7) is 12.3. The molecular formula is C29H45N3O5S. The Morgan fingerprint density at radius 3 is 1.95 bits per heavy atom. The molecule has 4 N–H and O–H groups in total. The molecule has 0 aromatic heterocycles. The molecule has 5 atom stereocenters. The predicted octanol–water partition coefficient (Wildman–Crippen LogP) is 3.10. The van der Waals surface area contributed by atoms with Crippen LogP contribution in [0.25, 0.3) is 0 Å². The molecule has 0 bridgehead atoms. The van der Waals surface area contributed by atoms with Crippen LogP contribution < -0.4 is 16.0 Å². The summed E-state index contributed by atoms with van der Waals surface area (Å²) in [6.07, 6.45) is 1.05. The number of aliphatic hydroxyl groups excluding tert-OH is 1. The molecule has 212 valence electrons. The number of rotatable bonds is 16. The van der Waals surface area contributed by atoms with Gasteiger partial charge in [0, 0.05) is 11.3 Å². The summed E-state index contributed by atoms with van der Waals surface area (Å²) in [5.41, 5.74) is 0.364. The largest absolute Gasteiger partial charge is 0.383 e. The molecule has 0 radical (unpaired) electrons. The zero-order valence-electron chi connectivity index (χ0n) is 23.6. The Morgan fingerprint density at radius 2 is 1.42 bits per heavy atom. The van der Waals surface area contributed by atoms with E-state index >= 15 is 0 Å². The van der Waals surface area contributed by atoms with E-state index in [1.54, 1.807) is 0 Å². The summed E-state index contributed by atoms with van der Waals surface area (Å²) >= 11 is 5.70. The third-order valence-corrected chi connectivity index (χ3v) is 7.28. The van der Waals surface area contributed by atoms with Crippen molar-refractivity contribution >= 4 is 34.8 Å². The molecule has 0 aliphatic carbocycles. The number of hydrogen-bond donors (Lipinski definition) is 4. The van der Waals surface area contributed by atoms with Crippen LogP contribution in [0.2, 0.25) is 0 Å². The summed E-state index contributed by atoms with van der Waals surface area (Å²) in [5.74, 6) is -1.02. The molecule has 9 heteroatoms. The molecule has 0 unspecified atom stereocenters. The van der Waals surface area contributed by atoms with Crippen LogP contribution in [0.1, 0.15) is 72.8 Å². The van der Waals surface area contributed by atoms with E-state index in [0.29, 0.717) is 37.2 Å². The van der Waals surface area contributed by atoms with Crippen molar-refractivity contribution in [2.75, 3.05) is 6.61 Å². The van der Waals surface area contributed by atoms with Crippen molar-refractivity contribution in [3.8, 4) is 0 Å². The Morgan fingerprint density at radius 1 is 0.921 bits per heavy atom. The topological polar surface area (TPSA) is 120 Å². The third-order valence-electron chi connectivity index (χ3n) is 6.56. The first-order valence-electron chi connectivity index (χ1n) is 13.7. The molecule has 1 aromatic rings. The van der Waals surface area contributed by atoms with Gasteiger partial charge in [-0.25, -0.2) is 0 Å². The first-order valence-corrected chi connectivity index (χ1v) is 14.1. The van der Waals surface area contributed by atoms with Gasteiger partial charge in [0.25, 0.3) is 0 Å². The molecule has 8 nitrogen and oxygen atoms in total. The number of benzene rings is 1. The fourth-order valence-corrected chi connectivity index (χ4v) is 4.57. The summed E-state index contributed by atoms with van der Waals surface area (Å²) in [7, 11) is 0. The highest BCUT2D eigenvalue weighted by Gasteiger charge is 2.47. The second-order valence-electron chi connectivity index (χ2n) is 11.3. The molecule has 38 heavy (non-hydrogen) atoms. The number of hydrogen-bond acceptors (Lipinski definition) is 6. The molecule has 1 fully saturated rings. The predicted molar refractivity (Wildman–Crippen MR) is 153 cm³/mol. The van der Waals surface area contributed by atoms with Crippen molar-refractivity contribution in [3.63, 3.8) is 0 Å². The van der Waals surface area contributed by atoms with Crippen LogP contribution >= 0.6 is 12.2 Å². The van der Waals surface area contributed by atoms with Gasteiger partial charge in [-0.2, -0.15) is 0 Å². The Hall–Kier alpha value is -2.36. The van der Waals surface area contributed by atoms with Gasteiger partial charge in [0.15, 0.2) is 0 Å². The van der Waals surface area contributed by atoms with Crippen molar-refractivity contribution in [2.45, 2.75) is 103 Å². The minimum absolute atomic E-state index is 0.0999. The minimum Gasteiger partial charge on any atom is -0.383 e. The smallest absolute Gasteiger partial charge is 0.249 e. The lowest BCUT2D eigenvalue weighted by Gasteiger charge is -2.28. The van der Waals surface area contributed by atoms with Crippen LogP contribution in [0.3, 0.4) is 0 Å². The van der Waals surface area contributed by atoms with Gasteiger partial charge in [0.05, 0.1) is 12.6 Å². The molecule has 2 rings (SSSR count). The van der Waals surface area contributed by atoms with E-state index < -0.39 is 35.6 Å². The van der Waals surface area contributed by atoms with Crippen LogP contribution in [-0.4, -0.2) is 64.1 Å². The summed E-state index contributed by atoms with van der Waals surface area (Å²) < 4.78 is 5.54. The Labute approximate surface area is 232 Å². The van der Waals surface area contributed by atoms with Crippen LogP contribution in [-0.2, 0) is 25.5 Å². The van der Waals surface area contributed by atoms with E-state index in [9.17, 15) is 19.5 Å². The van der Waals surface area contributed by atoms with Crippen LogP contribution in [0, 0.1) is 11.8 Å². The van der Waals surface area contributed by atoms with Crippen molar-refractivity contribution < 1.29 is 24.2 Å². The van der Waals surface area contributed by atoms with Crippen molar-refractivity contribution in [2.24, 2.45) is 11.8 Å². The monoisotopic (exact) mass is 547 g/mol. The van der Waals surface area contributed by atoms with Gasteiger partial charge in [-0.1, -0.05) is 83.6 Å². The molecule has 1 aromatic carbocycles. The maximum Gasteiger partial charge on any atom is 0.249 e. The minimum atomic E-state index is -1.19. The number of epoxide rings is 1. The first-order chi connectivity index (χ1) is 17.9. The number of amides is 3. The highest BCUT2D eigenvalue weighted by Crippen LogP contribution is 2.31. The fraction of sp³-hybridized carbons (Fsp3) is 0.655. The summed E-state index contributed by atoms with van der Waals surface area (Å²) in [6, 6.07) is 7.30. The second kappa shape index (κ2) is 14.7. The number of aliphatic hydroxyl groups is 1. The van der Waals surface area contributed by atoms with Gasteiger partial charge in [-0.3, -0.25) is 14.4 Å². The SMILES string of the molecule is CCC[C@H](O)C(=O)N[C@@H](CC(C)C)C(=O)N[C@@H](Cc1ccccc1)C(=O)N[C@@H](CC(C)C)C(=S)[C@@]1(C)CO1. The zero-order chi connectivity index (χ0) is 28.5. The van der Waals surface area contributed by atoms with E-state index in [-0.39, 0.29) is 30.2 Å². The molecule has 0 spiro atoms. The molecule has 0 saturated carbocycles. The number of carbonyl (C=O) groups excluding carboxylic acids is 3. The number of thiocarbonyl (C=S) groups is 1. The molecule has 1 saturated heterocycles. The fourth-order valence-electron chi connectivity index (χ4n) is 4.30. The van der Waals surface area contributed by atoms with Gasteiger partial charge < -0.3 is 25.8 Å². The third kappa shape index (κ3) is 10.1. The van der Waals surface area contributed by atoms with E-state index in [4.69, 9.17) is 17.0 Å². The lowest BCUT2D eigenvalue weighted by Crippen LogP contribution is -2.58. The Balaban J connectivity index is 2.25. The van der Waals surface area contributed by atoms with Gasteiger partial charge in [0.2, 0.25) is 17.7 Å². The highest BCUT2D eigenvalue weighted by molar-refractivity contribution is 7.80. The number of ether oxygens (including phenoxy) is 1. The molecular weight excluding hydrogens is 502 g/mol. The quantitative estimate of drug-likeness (QED) is 0.187. The molecule has 1 aliphatic heterocycles. The Bertz CT molecular complexity index is 949. The van der Waals surface area contributed by atoms with Gasteiger partial charge >= 0.3 is 0 Å². The number of nitrogens with one attached hydrogen (secondary N) is 3. The highest BCUT2D eigenvalue weighted by atomic mass is 32.1. The van der Waals surface area contributed by atoms with Crippen molar-refractivity contribution in [3.05, 3.63) is 35.9 Å². The number of carbonyl (C=O) groups is 3. The average molecular weight is 548 g/mol. The van der Waals surface area contributed by atoms with Crippen LogP contribution in [0.15, 0.2) is 30.3 Å². The van der Waals surface area contributed by atoms with Crippen LogP contribution in [0.5, 0.6) is 0 Å². The van der Waals surface area contributed by atoms with Crippen molar-refractivity contribution in [1.29, 1.82) is 0 Å². The lowest BCUT2D eigenvalue weighted by atomic mass is 9.94. The second-order valence-corrected chi connectivity index (χ2v) is 11.8. The first kappa shape index (κ1) is 31.9. The Kier molecular flexibility index (Phi) is 12.3. The van der Waals surface area contributed by atoms with E-state index in [0.717, 1.165) is 5.56 Å². The standard InChI is InChI=1S/C29H45N3O5S/c1-7-11-24(33)28(36)32-22(15-19(4)5)26(34)31-23(16-20-12-9-8-10-13-20)27(35)30-21(14-18(2)3)25(38)29(6)17-37-29/h8-10,12-13,18-19,21-24,33H,7,11,14-17H2,1-6H3,(H,30,35)(H,31,34)(H,32,36)/t21-,22-,23-,24-,29+/m0/s1. The average Bonchev–Trinajstić information content (AvgIpc) is 3.60. The molecule has 1 aliphatic rings. The molecule has 1 heterocycles. The van der Waals surface area contributed by atoms with Gasteiger partial charge in [-0.15, -0.1) is 0 Å². The zero-order valence-corrected chi connectivity index (χ0v) is 24.4. The normalized spacial score (nSPS) is 19.8. The van der Waals surface area contributed by atoms with Crippen LogP contribution in [0.4, 0.5) is 0 Å². The maximum absolute atomic E-state index is 13.6. The van der Waals surface area contributed by atoms with E-state index in [2.05, 4.69) is 29.8 Å². The summed E-state index contributed by atoms with van der Waals surface area (Å²) in [5, 5.41) is 18.7.